The van der Waals surface area contributed by atoms with E-state index in [-0.39, 0.29) is 4.90 Å². The Balaban J connectivity index is 2.41. The second-order valence-corrected chi connectivity index (χ2v) is 6.91. The fourth-order valence-electron chi connectivity index (χ4n) is 1.93. The van der Waals surface area contributed by atoms with Gasteiger partial charge in [-0.15, -0.1) is 0 Å². The molecule has 0 spiro atoms. The Morgan fingerprint density at radius 2 is 1.86 bits per heavy atom. The smallest absolute Gasteiger partial charge is 0.265 e. The van der Waals surface area contributed by atoms with Gasteiger partial charge in [0, 0.05) is 16.6 Å². The molecule has 2 rings (SSSR count). The van der Waals surface area contributed by atoms with Crippen molar-refractivity contribution < 1.29 is 8.42 Å². The third kappa shape index (κ3) is 3.68. The summed E-state index contributed by atoms with van der Waals surface area (Å²) >= 11 is 11.7. The number of sulfonamides is 1. The van der Waals surface area contributed by atoms with E-state index in [1.54, 1.807) is 14.0 Å². The topological polar surface area (TPSA) is 86.9 Å². The number of H-pyrrole nitrogens is 1. The van der Waals surface area contributed by atoms with Gasteiger partial charge in [-0.1, -0.05) is 23.2 Å². The Morgan fingerprint density at radius 1 is 1.24 bits per heavy atom. The number of benzene rings is 1. The maximum atomic E-state index is 12.5. The summed E-state index contributed by atoms with van der Waals surface area (Å²) in [6, 6.07) is 4.49. The first-order valence-electron chi connectivity index (χ1n) is 6.01. The predicted octanol–water partition coefficient (Wildman–Crippen LogP) is 2.55. The maximum absolute atomic E-state index is 12.5. The van der Waals surface area contributed by atoms with Crippen LogP contribution in [0.5, 0.6) is 0 Å². The minimum atomic E-state index is -3.79. The lowest BCUT2D eigenvalue weighted by Gasteiger charge is -2.10. The number of anilines is 1. The van der Waals surface area contributed by atoms with Crippen LogP contribution in [0.1, 0.15) is 11.4 Å². The lowest BCUT2D eigenvalue weighted by Crippen LogP contribution is -2.17. The standard InChI is InChI=1S/C12H14Cl2N4O2S/c1-7-12(11(6-15-2)17-16-7)21(19,20)18-10-4-8(13)3-9(14)5-10/h3-5,15,18H,6H2,1-2H3,(H,16,17). The van der Waals surface area contributed by atoms with Crippen molar-refractivity contribution in [3.8, 4) is 0 Å². The van der Waals surface area contributed by atoms with E-state index in [9.17, 15) is 8.42 Å². The highest BCUT2D eigenvalue weighted by Gasteiger charge is 2.24. The van der Waals surface area contributed by atoms with Gasteiger partial charge in [-0.2, -0.15) is 5.10 Å². The Labute approximate surface area is 132 Å². The molecule has 2 aromatic rings. The molecule has 1 heterocycles. The van der Waals surface area contributed by atoms with Crippen LogP contribution in [0.2, 0.25) is 10.0 Å². The van der Waals surface area contributed by atoms with Crippen molar-refractivity contribution in [3.63, 3.8) is 0 Å². The molecule has 0 bridgehead atoms. The Hall–Kier alpha value is -1.28. The minimum Gasteiger partial charge on any atom is -0.314 e. The summed E-state index contributed by atoms with van der Waals surface area (Å²) in [5.41, 5.74) is 1.17. The summed E-state index contributed by atoms with van der Waals surface area (Å²) in [7, 11) is -2.08. The van der Waals surface area contributed by atoms with Crippen molar-refractivity contribution in [1.29, 1.82) is 0 Å². The number of halogens is 2. The highest BCUT2D eigenvalue weighted by molar-refractivity contribution is 7.92. The van der Waals surface area contributed by atoms with Crippen LogP contribution < -0.4 is 10.0 Å². The summed E-state index contributed by atoms with van der Waals surface area (Å²) in [5.74, 6) is 0. The summed E-state index contributed by atoms with van der Waals surface area (Å²) in [4.78, 5) is 0.118. The van der Waals surface area contributed by atoms with Crippen LogP contribution in [0.25, 0.3) is 0 Å². The number of nitrogens with zero attached hydrogens (tertiary/aromatic N) is 1. The van der Waals surface area contributed by atoms with Gasteiger partial charge in [0.15, 0.2) is 0 Å². The molecule has 3 N–H and O–H groups in total. The van der Waals surface area contributed by atoms with Crippen molar-refractivity contribution in [1.82, 2.24) is 15.5 Å². The van der Waals surface area contributed by atoms with Crippen LogP contribution in [0.15, 0.2) is 23.1 Å². The zero-order chi connectivity index (χ0) is 15.6. The van der Waals surface area contributed by atoms with E-state index in [0.717, 1.165) is 0 Å². The predicted molar refractivity (Wildman–Crippen MR) is 83.4 cm³/mol. The highest BCUT2D eigenvalue weighted by atomic mass is 35.5. The van der Waals surface area contributed by atoms with Crippen molar-refractivity contribution in [2.24, 2.45) is 0 Å². The Kier molecular flexibility index (Phi) is 4.77. The molecule has 1 aromatic carbocycles. The van der Waals surface area contributed by atoms with Crippen LogP contribution >= 0.6 is 23.2 Å². The van der Waals surface area contributed by atoms with Crippen molar-refractivity contribution in [2.75, 3.05) is 11.8 Å². The first-order chi connectivity index (χ1) is 9.83. The van der Waals surface area contributed by atoms with Crippen molar-refractivity contribution >= 4 is 38.9 Å². The quantitative estimate of drug-likeness (QED) is 0.774. The zero-order valence-electron chi connectivity index (χ0n) is 11.4. The normalized spacial score (nSPS) is 11.6. The molecule has 6 nitrogen and oxygen atoms in total. The number of nitrogens with one attached hydrogen (secondary N) is 3. The van der Waals surface area contributed by atoms with Crippen molar-refractivity contribution in [2.45, 2.75) is 18.4 Å². The van der Waals surface area contributed by atoms with E-state index < -0.39 is 10.0 Å². The second-order valence-electron chi connectivity index (χ2n) is 4.42. The molecule has 0 atom stereocenters. The Bertz CT molecular complexity index is 738. The summed E-state index contributed by atoms with van der Waals surface area (Å²) < 4.78 is 27.5. The molecule has 0 saturated carbocycles. The zero-order valence-corrected chi connectivity index (χ0v) is 13.7. The fourth-order valence-corrected chi connectivity index (χ4v) is 3.87. The SMILES string of the molecule is CNCc1n[nH]c(C)c1S(=O)(=O)Nc1cc(Cl)cc(Cl)c1. The molecule has 0 saturated heterocycles. The van der Waals surface area contributed by atoms with E-state index >= 15 is 0 Å². The van der Waals surface area contributed by atoms with E-state index in [2.05, 4.69) is 20.2 Å². The number of hydrogen-bond acceptors (Lipinski definition) is 4. The van der Waals surface area contributed by atoms with Gasteiger partial charge < -0.3 is 5.32 Å². The maximum Gasteiger partial charge on any atom is 0.265 e. The summed E-state index contributed by atoms with van der Waals surface area (Å²) in [5, 5.41) is 10.2. The van der Waals surface area contributed by atoms with Crippen LogP contribution in [-0.4, -0.2) is 25.7 Å². The van der Waals surface area contributed by atoms with Gasteiger partial charge in [-0.25, -0.2) is 8.42 Å². The third-order valence-electron chi connectivity index (χ3n) is 2.69. The van der Waals surface area contributed by atoms with Gasteiger partial charge in [0.25, 0.3) is 10.0 Å². The summed E-state index contributed by atoms with van der Waals surface area (Å²) in [6.45, 7) is 1.97. The van der Waals surface area contributed by atoms with Crippen LogP contribution in [0.4, 0.5) is 5.69 Å². The second kappa shape index (κ2) is 6.23. The van der Waals surface area contributed by atoms with Gasteiger partial charge in [0.1, 0.15) is 4.90 Å². The van der Waals surface area contributed by atoms with Crippen LogP contribution in [0.3, 0.4) is 0 Å². The number of hydrogen-bond donors (Lipinski definition) is 3. The molecule has 0 unspecified atom stereocenters. The van der Waals surface area contributed by atoms with Crippen molar-refractivity contribution in [3.05, 3.63) is 39.6 Å². The molecule has 0 amide bonds. The first-order valence-corrected chi connectivity index (χ1v) is 8.25. The molecule has 21 heavy (non-hydrogen) atoms. The highest BCUT2D eigenvalue weighted by Crippen LogP contribution is 2.26. The number of rotatable bonds is 5. The monoisotopic (exact) mass is 348 g/mol. The molecule has 0 radical (unpaired) electrons. The molecule has 0 aliphatic heterocycles. The molecular weight excluding hydrogens is 335 g/mol. The van der Waals surface area contributed by atoms with Crippen LogP contribution in [0, 0.1) is 6.92 Å². The lowest BCUT2D eigenvalue weighted by molar-refractivity contribution is 0.598. The van der Waals surface area contributed by atoms with Gasteiger partial charge in [0.05, 0.1) is 17.1 Å². The van der Waals surface area contributed by atoms with E-state index in [1.807, 2.05) is 0 Å². The average Bonchev–Trinajstić information content (AvgIpc) is 2.69. The number of aromatic nitrogens is 2. The molecule has 1 aromatic heterocycles. The first kappa shape index (κ1) is 16.1. The largest absolute Gasteiger partial charge is 0.314 e. The van der Waals surface area contributed by atoms with Gasteiger partial charge >= 0.3 is 0 Å². The number of aryl methyl sites for hydroxylation is 1. The molecule has 0 aliphatic carbocycles. The van der Waals surface area contributed by atoms with Gasteiger partial charge in [-0.3, -0.25) is 9.82 Å². The van der Waals surface area contributed by atoms with E-state index in [1.165, 1.54) is 18.2 Å². The average molecular weight is 349 g/mol. The molecule has 114 valence electrons. The fraction of sp³-hybridized carbons (Fsp3) is 0.250. The lowest BCUT2D eigenvalue weighted by atomic mass is 10.3. The van der Waals surface area contributed by atoms with Gasteiger partial charge in [0.2, 0.25) is 0 Å². The molecule has 0 aliphatic rings. The molecule has 9 heteroatoms. The van der Waals surface area contributed by atoms with E-state index in [4.69, 9.17) is 23.2 Å². The Morgan fingerprint density at radius 3 is 2.43 bits per heavy atom. The molecule has 0 fully saturated rings. The van der Waals surface area contributed by atoms with E-state index in [0.29, 0.717) is 33.7 Å². The summed E-state index contributed by atoms with van der Waals surface area (Å²) in [6.07, 6.45) is 0. The number of aromatic amines is 1. The minimum absolute atomic E-state index is 0.118. The molecular formula is C12H14Cl2N4O2S. The van der Waals surface area contributed by atoms with Crippen LogP contribution in [-0.2, 0) is 16.6 Å². The van der Waals surface area contributed by atoms with Gasteiger partial charge in [-0.05, 0) is 32.2 Å². The third-order valence-corrected chi connectivity index (χ3v) is 4.71.